The molecule has 5 heteroatoms. The highest BCUT2D eigenvalue weighted by Crippen LogP contribution is 2.36. The molecule has 0 aliphatic heterocycles. The van der Waals surface area contributed by atoms with Crippen LogP contribution >= 0.6 is 0 Å². The van der Waals surface area contributed by atoms with Gasteiger partial charge in [0, 0.05) is 0 Å². The van der Waals surface area contributed by atoms with Gasteiger partial charge in [-0.05, 0) is 37.9 Å². The van der Waals surface area contributed by atoms with Gasteiger partial charge >= 0.3 is 10.4 Å². The first-order valence-electron chi connectivity index (χ1n) is 6.80. The van der Waals surface area contributed by atoms with Crippen LogP contribution in [-0.2, 0) is 21.2 Å². The number of benzene rings is 4. The Morgan fingerprint density at radius 1 is 0.818 bits per heavy atom. The molecule has 0 atom stereocenters. The molecule has 0 saturated heterocycles. The molecule has 4 rings (SSSR count). The molecule has 0 fully saturated rings. The lowest BCUT2D eigenvalue weighted by molar-refractivity contribution is 0.260. The van der Waals surface area contributed by atoms with E-state index < -0.39 is 10.4 Å². The van der Waals surface area contributed by atoms with Gasteiger partial charge in [-0.25, -0.2) is 4.18 Å². The molecule has 1 N–H and O–H groups in total. The molecule has 4 aromatic rings. The molecule has 0 unspecified atom stereocenters. The van der Waals surface area contributed by atoms with Gasteiger partial charge in [-0.15, -0.1) is 0 Å². The maximum atomic E-state index is 10.8. The van der Waals surface area contributed by atoms with Crippen molar-refractivity contribution in [2.45, 2.75) is 6.61 Å². The number of hydrogen-bond acceptors (Lipinski definition) is 3. The van der Waals surface area contributed by atoms with Crippen LogP contribution in [0, 0.1) is 0 Å². The Hall–Kier alpha value is -2.21. The molecule has 0 saturated carbocycles. The second kappa shape index (κ2) is 4.64. The van der Waals surface area contributed by atoms with Crippen LogP contribution in [0.3, 0.4) is 0 Å². The average Bonchev–Trinajstić information content (AvgIpc) is 2.50. The lowest BCUT2D eigenvalue weighted by Crippen LogP contribution is -2.03. The van der Waals surface area contributed by atoms with Crippen molar-refractivity contribution in [1.29, 1.82) is 0 Å². The third kappa shape index (κ3) is 2.11. The van der Waals surface area contributed by atoms with Crippen molar-refractivity contribution >= 4 is 42.7 Å². The van der Waals surface area contributed by atoms with E-state index in [9.17, 15) is 8.42 Å². The summed E-state index contributed by atoms with van der Waals surface area (Å²) < 4.78 is 34.9. The third-order valence-corrected chi connectivity index (χ3v) is 4.40. The van der Waals surface area contributed by atoms with Crippen LogP contribution in [0.15, 0.2) is 54.6 Å². The predicted molar refractivity (Wildman–Crippen MR) is 86.5 cm³/mol. The van der Waals surface area contributed by atoms with E-state index in [2.05, 4.69) is 28.4 Å². The van der Waals surface area contributed by atoms with E-state index in [-0.39, 0.29) is 6.61 Å². The zero-order valence-corrected chi connectivity index (χ0v) is 12.3. The van der Waals surface area contributed by atoms with E-state index in [1.54, 1.807) is 0 Å². The topological polar surface area (TPSA) is 63.6 Å². The molecule has 0 amide bonds. The van der Waals surface area contributed by atoms with Crippen LogP contribution in [0.1, 0.15) is 5.56 Å². The van der Waals surface area contributed by atoms with Crippen LogP contribution in [0.25, 0.3) is 32.3 Å². The molecule has 4 nitrogen and oxygen atoms in total. The fourth-order valence-corrected chi connectivity index (χ4v) is 3.34. The fourth-order valence-electron chi connectivity index (χ4n) is 3.06. The van der Waals surface area contributed by atoms with Gasteiger partial charge in [0.25, 0.3) is 0 Å². The summed E-state index contributed by atoms with van der Waals surface area (Å²) in [6.45, 7) is -0.187. The van der Waals surface area contributed by atoms with Crippen molar-refractivity contribution < 1.29 is 17.2 Å². The summed E-state index contributed by atoms with van der Waals surface area (Å²) >= 11 is 0. The van der Waals surface area contributed by atoms with Gasteiger partial charge in [-0.3, -0.25) is 4.55 Å². The standard InChI is InChI=1S/C17H12O4S/c18-22(19,20)21-10-14-7-6-13-5-4-11-2-1-3-12-8-9-15(14)17(13)16(11)12/h1-9H,10H2,(H,18,19,20). The lowest BCUT2D eigenvalue weighted by Gasteiger charge is -2.13. The van der Waals surface area contributed by atoms with Gasteiger partial charge in [-0.1, -0.05) is 54.6 Å². The van der Waals surface area contributed by atoms with Crippen molar-refractivity contribution in [3.8, 4) is 0 Å². The summed E-state index contributed by atoms with van der Waals surface area (Å²) in [5.74, 6) is 0. The largest absolute Gasteiger partial charge is 0.397 e. The summed E-state index contributed by atoms with van der Waals surface area (Å²) in [7, 11) is -4.45. The Balaban J connectivity index is 2.04. The Kier molecular flexibility index (Phi) is 2.84. The van der Waals surface area contributed by atoms with Crippen LogP contribution in [0.2, 0.25) is 0 Å². The fraction of sp³-hybridized carbons (Fsp3) is 0.0588. The van der Waals surface area contributed by atoms with Gasteiger partial charge < -0.3 is 0 Å². The lowest BCUT2D eigenvalue weighted by atomic mass is 9.92. The average molecular weight is 312 g/mol. The maximum absolute atomic E-state index is 10.8. The summed E-state index contributed by atoms with van der Waals surface area (Å²) in [6, 6.07) is 18.0. The van der Waals surface area contributed by atoms with E-state index in [0.29, 0.717) is 0 Å². The van der Waals surface area contributed by atoms with Crippen LogP contribution < -0.4 is 0 Å². The first-order chi connectivity index (χ1) is 10.5. The zero-order chi connectivity index (χ0) is 15.3. The van der Waals surface area contributed by atoms with Crippen molar-refractivity contribution in [3.05, 3.63) is 60.2 Å². The van der Waals surface area contributed by atoms with E-state index in [4.69, 9.17) is 4.55 Å². The van der Waals surface area contributed by atoms with Crippen molar-refractivity contribution in [3.63, 3.8) is 0 Å². The Morgan fingerprint density at radius 2 is 1.41 bits per heavy atom. The van der Waals surface area contributed by atoms with Gasteiger partial charge in [0.15, 0.2) is 0 Å². The SMILES string of the molecule is O=S(=O)(O)OCc1ccc2ccc3cccc4ccc1c2c34. The van der Waals surface area contributed by atoms with Crippen LogP contribution in [0.4, 0.5) is 0 Å². The van der Waals surface area contributed by atoms with Gasteiger partial charge in [0.05, 0.1) is 6.61 Å². The predicted octanol–water partition coefficient (Wildman–Crippen LogP) is 3.90. The van der Waals surface area contributed by atoms with Crippen molar-refractivity contribution in [2.24, 2.45) is 0 Å². The highest BCUT2D eigenvalue weighted by molar-refractivity contribution is 7.80. The third-order valence-electron chi connectivity index (χ3n) is 3.98. The minimum absolute atomic E-state index is 0.187. The first-order valence-corrected chi connectivity index (χ1v) is 8.17. The van der Waals surface area contributed by atoms with E-state index in [0.717, 1.165) is 37.9 Å². The molecule has 0 bridgehead atoms. The minimum Gasteiger partial charge on any atom is -0.264 e. The highest BCUT2D eigenvalue weighted by atomic mass is 32.3. The Labute approximate surface area is 127 Å². The van der Waals surface area contributed by atoms with Gasteiger partial charge in [0.1, 0.15) is 0 Å². The normalized spacial score (nSPS) is 12.6. The molecule has 110 valence electrons. The minimum atomic E-state index is -4.45. The van der Waals surface area contributed by atoms with E-state index >= 15 is 0 Å². The summed E-state index contributed by atoms with van der Waals surface area (Å²) in [6.07, 6.45) is 0. The highest BCUT2D eigenvalue weighted by Gasteiger charge is 2.12. The van der Waals surface area contributed by atoms with E-state index in [1.807, 2.05) is 30.3 Å². The summed E-state index contributed by atoms with van der Waals surface area (Å²) in [5.41, 5.74) is 0.725. The van der Waals surface area contributed by atoms with Gasteiger partial charge in [-0.2, -0.15) is 8.42 Å². The second-order valence-corrected chi connectivity index (χ2v) is 6.36. The summed E-state index contributed by atoms with van der Waals surface area (Å²) in [4.78, 5) is 0. The molecule has 0 heterocycles. The molecular formula is C17H12O4S. The van der Waals surface area contributed by atoms with Crippen molar-refractivity contribution in [1.82, 2.24) is 0 Å². The molecular weight excluding hydrogens is 300 g/mol. The summed E-state index contributed by atoms with van der Waals surface area (Å²) in [5, 5.41) is 6.56. The molecule has 4 aromatic carbocycles. The monoisotopic (exact) mass is 312 g/mol. The maximum Gasteiger partial charge on any atom is 0.397 e. The first kappa shape index (κ1) is 13.5. The Bertz CT molecular complexity index is 1080. The number of hydrogen-bond donors (Lipinski definition) is 1. The van der Waals surface area contributed by atoms with Crippen LogP contribution in [-0.4, -0.2) is 13.0 Å². The zero-order valence-electron chi connectivity index (χ0n) is 11.5. The van der Waals surface area contributed by atoms with Gasteiger partial charge in [0.2, 0.25) is 0 Å². The molecule has 0 radical (unpaired) electrons. The second-order valence-electron chi connectivity index (χ2n) is 5.27. The Morgan fingerprint density at radius 3 is 2.09 bits per heavy atom. The van der Waals surface area contributed by atoms with E-state index in [1.165, 1.54) is 0 Å². The quantitative estimate of drug-likeness (QED) is 0.460. The smallest absolute Gasteiger partial charge is 0.264 e. The molecule has 0 aromatic heterocycles. The molecule has 0 aliphatic rings. The molecule has 0 spiro atoms. The molecule has 22 heavy (non-hydrogen) atoms. The molecule has 0 aliphatic carbocycles. The van der Waals surface area contributed by atoms with Crippen molar-refractivity contribution in [2.75, 3.05) is 0 Å². The van der Waals surface area contributed by atoms with Crippen LogP contribution in [0.5, 0.6) is 0 Å². The number of rotatable bonds is 3.